The highest BCUT2D eigenvalue weighted by Crippen LogP contribution is 2.21. The van der Waals surface area contributed by atoms with Crippen molar-refractivity contribution in [2.24, 2.45) is 4.99 Å². The quantitative estimate of drug-likeness (QED) is 0.328. The zero-order valence-corrected chi connectivity index (χ0v) is 21.0. The smallest absolute Gasteiger partial charge is 0.338 e. The molecule has 0 unspecified atom stereocenters. The second-order valence-corrected chi connectivity index (χ2v) is 10.2. The van der Waals surface area contributed by atoms with Gasteiger partial charge in [0.1, 0.15) is 0 Å². The largest absolute Gasteiger partial charge is 0.462 e. The lowest BCUT2D eigenvalue weighted by Gasteiger charge is -2.18. The zero-order chi connectivity index (χ0) is 24.9. The third-order valence-corrected chi connectivity index (χ3v) is 8.25. The number of ether oxygens (including phenoxy) is 1. The minimum absolute atomic E-state index is 0.128. The molecular weight excluding hydrogens is 474 g/mol. The molecule has 3 aromatic rings. The molecule has 0 spiro atoms. The zero-order valence-electron chi connectivity index (χ0n) is 19.4. The fourth-order valence-corrected chi connectivity index (χ4v) is 5.97. The number of amides is 1. The van der Waals surface area contributed by atoms with Crippen LogP contribution in [0, 0.1) is 0 Å². The molecule has 0 radical (unpaired) electrons. The van der Waals surface area contributed by atoms with Gasteiger partial charge in [0.05, 0.1) is 27.3 Å². The van der Waals surface area contributed by atoms with E-state index in [1.807, 2.05) is 4.57 Å². The molecule has 3 rings (SSSR count). The number of esters is 1. The number of sulfonamides is 1. The molecule has 0 N–H and O–H groups in total. The number of benzene rings is 2. The highest BCUT2D eigenvalue weighted by Gasteiger charge is 2.21. The Hall–Kier alpha value is -3.08. The van der Waals surface area contributed by atoms with E-state index in [1.54, 1.807) is 45.0 Å². The lowest BCUT2D eigenvalue weighted by Crippen LogP contribution is -2.30. The Kier molecular flexibility index (Phi) is 8.19. The van der Waals surface area contributed by atoms with E-state index in [9.17, 15) is 18.0 Å². The molecule has 8 nitrogen and oxygen atoms in total. The third kappa shape index (κ3) is 5.19. The number of aromatic nitrogens is 1. The van der Waals surface area contributed by atoms with Crippen LogP contribution < -0.4 is 4.80 Å². The monoisotopic (exact) mass is 501 g/mol. The first kappa shape index (κ1) is 25.5. The number of fused-ring (bicyclic) bond motifs is 1. The van der Waals surface area contributed by atoms with Crippen molar-refractivity contribution in [3.63, 3.8) is 0 Å². The van der Waals surface area contributed by atoms with Gasteiger partial charge in [-0.15, -0.1) is 6.58 Å². The summed E-state index contributed by atoms with van der Waals surface area (Å²) >= 11 is 1.27. The number of carbonyl (C=O) groups is 2. The van der Waals surface area contributed by atoms with Crippen LogP contribution in [0.1, 0.15) is 41.5 Å². The van der Waals surface area contributed by atoms with Gasteiger partial charge in [0.15, 0.2) is 4.80 Å². The van der Waals surface area contributed by atoms with Crippen LogP contribution in [0.2, 0.25) is 0 Å². The van der Waals surface area contributed by atoms with Crippen LogP contribution >= 0.6 is 11.3 Å². The Bertz CT molecular complexity index is 1380. The average molecular weight is 502 g/mol. The molecule has 1 aromatic heterocycles. The van der Waals surface area contributed by atoms with Gasteiger partial charge in [0.25, 0.3) is 5.91 Å². The summed E-state index contributed by atoms with van der Waals surface area (Å²) in [4.78, 5) is 29.8. The van der Waals surface area contributed by atoms with Crippen LogP contribution in [-0.2, 0) is 21.3 Å². The van der Waals surface area contributed by atoms with E-state index in [1.165, 1.54) is 39.9 Å². The standard InChI is InChI=1S/C24H27N3O5S2/c1-5-15-27-20-14-11-18(23(29)32-8-4)16-21(20)33-24(27)25-22(28)17-9-12-19(13-10-17)34(30,31)26(6-2)7-3/h5,9-14,16H,1,6-8,15H2,2-4H3. The summed E-state index contributed by atoms with van der Waals surface area (Å²) < 4.78 is 34.4. The van der Waals surface area contributed by atoms with Crippen molar-refractivity contribution >= 4 is 43.5 Å². The fraction of sp³-hybridized carbons (Fsp3) is 0.292. The van der Waals surface area contributed by atoms with Crippen LogP contribution in [0.4, 0.5) is 0 Å². The molecule has 34 heavy (non-hydrogen) atoms. The van der Waals surface area contributed by atoms with Crippen molar-refractivity contribution in [1.82, 2.24) is 8.87 Å². The molecule has 0 aliphatic carbocycles. The first-order valence-corrected chi connectivity index (χ1v) is 13.1. The topological polar surface area (TPSA) is 98.0 Å². The number of nitrogens with zero attached hydrogens (tertiary/aromatic N) is 3. The highest BCUT2D eigenvalue weighted by molar-refractivity contribution is 7.89. The van der Waals surface area contributed by atoms with Crippen LogP contribution in [0.15, 0.2) is 65.0 Å². The summed E-state index contributed by atoms with van der Waals surface area (Å²) in [6, 6.07) is 11.0. The Morgan fingerprint density at radius 1 is 1.09 bits per heavy atom. The molecule has 10 heteroatoms. The molecule has 180 valence electrons. The van der Waals surface area contributed by atoms with Gasteiger partial charge >= 0.3 is 5.97 Å². The minimum atomic E-state index is -3.61. The van der Waals surface area contributed by atoms with Crippen molar-refractivity contribution < 1.29 is 22.7 Å². The number of rotatable bonds is 9. The maximum absolute atomic E-state index is 12.9. The second-order valence-electron chi connectivity index (χ2n) is 7.22. The summed E-state index contributed by atoms with van der Waals surface area (Å²) in [5.41, 5.74) is 1.50. The van der Waals surface area contributed by atoms with E-state index in [-0.39, 0.29) is 17.1 Å². The Labute approximate surface area is 202 Å². The SMILES string of the molecule is C=CCn1c(=NC(=O)c2ccc(S(=O)(=O)N(CC)CC)cc2)sc2cc(C(=O)OCC)ccc21. The van der Waals surface area contributed by atoms with E-state index in [4.69, 9.17) is 4.74 Å². The number of hydrogen-bond donors (Lipinski definition) is 0. The predicted molar refractivity (Wildman–Crippen MR) is 132 cm³/mol. The summed E-state index contributed by atoms with van der Waals surface area (Å²) in [6.07, 6.45) is 1.70. The molecule has 0 saturated heterocycles. The summed E-state index contributed by atoms with van der Waals surface area (Å²) in [5.74, 6) is -0.913. The van der Waals surface area contributed by atoms with Crippen LogP contribution in [0.5, 0.6) is 0 Å². The molecule has 0 fully saturated rings. The fourth-order valence-electron chi connectivity index (χ4n) is 3.44. The Morgan fingerprint density at radius 3 is 2.32 bits per heavy atom. The Morgan fingerprint density at radius 2 is 1.74 bits per heavy atom. The molecule has 0 aliphatic heterocycles. The van der Waals surface area contributed by atoms with E-state index < -0.39 is 21.9 Å². The Balaban J connectivity index is 1.99. The highest BCUT2D eigenvalue weighted by atomic mass is 32.2. The van der Waals surface area contributed by atoms with Gasteiger partial charge in [-0.05, 0) is 49.4 Å². The first-order chi connectivity index (χ1) is 16.3. The molecule has 0 bridgehead atoms. The minimum Gasteiger partial charge on any atom is -0.462 e. The van der Waals surface area contributed by atoms with Gasteiger partial charge in [-0.3, -0.25) is 4.79 Å². The van der Waals surface area contributed by atoms with Gasteiger partial charge in [-0.1, -0.05) is 31.3 Å². The van der Waals surface area contributed by atoms with Crippen molar-refractivity contribution in [2.45, 2.75) is 32.2 Å². The van der Waals surface area contributed by atoms with Gasteiger partial charge in [0, 0.05) is 25.2 Å². The van der Waals surface area contributed by atoms with Crippen molar-refractivity contribution in [3.05, 3.63) is 71.0 Å². The van der Waals surface area contributed by atoms with E-state index >= 15 is 0 Å². The molecule has 0 saturated carbocycles. The number of thiazole rings is 1. The molecule has 0 aliphatic rings. The average Bonchev–Trinajstić information content (AvgIpc) is 3.16. The second kappa shape index (κ2) is 10.9. The van der Waals surface area contributed by atoms with Crippen molar-refractivity contribution in [3.8, 4) is 0 Å². The van der Waals surface area contributed by atoms with E-state index in [0.717, 1.165) is 10.2 Å². The van der Waals surface area contributed by atoms with Crippen LogP contribution in [0.25, 0.3) is 10.2 Å². The van der Waals surface area contributed by atoms with Crippen molar-refractivity contribution in [2.75, 3.05) is 19.7 Å². The number of carbonyl (C=O) groups excluding carboxylic acids is 2. The van der Waals surface area contributed by atoms with Crippen molar-refractivity contribution in [1.29, 1.82) is 0 Å². The summed E-state index contributed by atoms with van der Waals surface area (Å²) in [7, 11) is -3.61. The lowest BCUT2D eigenvalue weighted by molar-refractivity contribution is 0.0526. The normalized spacial score (nSPS) is 12.3. The van der Waals surface area contributed by atoms with Crippen LogP contribution in [-0.4, -0.2) is 48.9 Å². The maximum atomic E-state index is 12.9. The summed E-state index contributed by atoms with van der Waals surface area (Å²) in [6.45, 7) is 10.5. The van der Waals surface area contributed by atoms with E-state index in [0.29, 0.717) is 30.0 Å². The third-order valence-electron chi connectivity index (χ3n) is 5.15. The molecule has 0 atom stereocenters. The van der Waals surface area contributed by atoms with E-state index in [2.05, 4.69) is 11.6 Å². The van der Waals surface area contributed by atoms with Gasteiger partial charge < -0.3 is 9.30 Å². The number of hydrogen-bond acceptors (Lipinski definition) is 6. The summed E-state index contributed by atoms with van der Waals surface area (Å²) in [5, 5.41) is 0. The van der Waals surface area contributed by atoms with Gasteiger partial charge in [0.2, 0.25) is 10.0 Å². The van der Waals surface area contributed by atoms with Crippen LogP contribution in [0.3, 0.4) is 0 Å². The van der Waals surface area contributed by atoms with Gasteiger partial charge in [-0.2, -0.15) is 9.30 Å². The number of allylic oxidation sites excluding steroid dienone is 1. The lowest BCUT2D eigenvalue weighted by atomic mass is 10.2. The molecular formula is C24H27N3O5S2. The molecule has 1 amide bonds. The molecule has 2 aromatic carbocycles. The maximum Gasteiger partial charge on any atom is 0.338 e. The molecule has 1 heterocycles. The predicted octanol–water partition coefficient (Wildman–Crippen LogP) is 3.84. The van der Waals surface area contributed by atoms with Gasteiger partial charge in [-0.25, -0.2) is 13.2 Å². The first-order valence-electron chi connectivity index (χ1n) is 10.9.